The average Bonchev–Trinajstić information content (AvgIpc) is 3.09. The summed E-state index contributed by atoms with van der Waals surface area (Å²) < 4.78 is 9.48. The highest BCUT2D eigenvalue weighted by atomic mass is 79.9. The fraction of sp³-hybridized carbons (Fsp3) is 0.0769. The van der Waals surface area contributed by atoms with Crippen molar-refractivity contribution in [2.45, 2.75) is 4.34 Å². The van der Waals surface area contributed by atoms with Gasteiger partial charge in [0.15, 0.2) is 10.1 Å². The molecule has 20 heavy (non-hydrogen) atoms. The summed E-state index contributed by atoms with van der Waals surface area (Å²) in [6.45, 7) is 0. The van der Waals surface area contributed by atoms with E-state index in [1.54, 1.807) is 23.1 Å². The van der Waals surface area contributed by atoms with E-state index < -0.39 is 0 Å². The molecule has 0 amide bonds. The summed E-state index contributed by atoms with van der Waals surface area (Å²) in [7, 11) is 0. The van der Waals surface area contributed by atoms with Crippen LogP contribution in [-0.2, 0) is 0 Å². The Bertz CT molecular complexity index is 891. The van der Waals surface area contributed by atoms with Gasteiger partial charge in [-0.15, -0.1) is 5.10 Å². The van der Waals surface area contributed by atoms with Gasteiger partial charge in [0.2, 0.25) is 4.96 Å². The highest BCUT2D eigenvalue weighted by molar-refractivity contribution is 9.10. The Labute approximate surface area is 130 Å². The Hall–Kier alpha value is -1.31. The van der Waals surface area contributed by atoms with Crippen molar-refractivity contribution >= 4 is 55.0 Å². The van der Waals surface area contributed by atoms with Crippen LogP contribution in [0.15, 0.2) is 43.7 Å². The number of thioether (sulfide) groups is 1. The summed E-state index contributed by atoms with van der Waals surface area (Å²) in [6, 6.07) is 9.96. The van der Waals surface area contributed by atoms with Crippen LogP contribution in [0.4, 0.5) is 0 Å². The molecular weight excluding hydrogens is 358 g/mol. The van der Waals surface area contributed by atoms with Crippen molar-refractivity contribution in [2.24, 2.45) is 0 Å². The Morgan fingerprint density at radius 3 is 3.00 bits per heavy atom. The van der Waals surface area contributed by atoms with E-state index >= 15 is 0 Å². The molecule has 0 fully saturated rings. The first kappa shape index (κ1) is 12.4. The van der Waals surface area contributed by atoms with Gasteiger partial charge in [-0.3, -0.25) is 0 Å². The second kappa shape index (κ2) is 4.61. The SMILES string of the molecule is CSc1nn2c(-c3cc4ccccc4o3)c(Br)nc2s1. The van der Waals surface area contributed by atoms with Crippen molar-refractivity contribution in [1.29, 1.82) is 0 Å². The number of nitrogens with zero attached hydrogens (tertiary/aromatic N) is 3. The molecule has 1 aromatic carbocycles. The first-order chi connectivity index (χ1) is 9.76. The Morgan fingerprint density at radius 2 is 2.20 bits per heavy atom. The Balaban J connectivity index is 2.00. The lowest BCUT2D eigenvalue weighted by atomic mass is 10.2. The van der Waals surface area contributed by atoms with Gasteiger partial charge in [-0.25, -0.2) is 4.98 Å². The lowest BCUT2D eigenvalue weighted by molar-refractivity contribution is 0.625. The molecule has 0 saturated heterocycles. The van der Waals surface area contributed by atoms with Gasteiger partial charge in [0.25, 0.3) is 0 Å². The quantitative estimate of drug-likeness (QED) is 0.483. The molecule has 4 rings (SSSR count). The van der Waals surface area contributed by atoms with Gasteiger partial charge in [-0.2, -0.15) is 4.52 Å². The number of hydrogen-bond acceptors (Lipinski definition) is 5. The van der Waals surface area contributed by atoms with Crippen LogP contribution in [0.1, 0.15) is 0 Å². The highest BCUT2D eigenvalue weighted by Crippen LogP contribution is 2.35. The van der Waals surface area contributed by atoms with E-state index in [2.05, 4.69) is 26.0 Å². The minimum absolute atomic E-state index is 0.753. The zero-order chi connectivity index (χ0) is 13.7. The van der Waals surface area contributed by atoms with Crippen LogP contribution in [0.2, 0.25) is 0 Å². The molecule has 0 spiro atoms. The minimum atomic E-state index is 0.753. The number of imidazole rings is 1. The molecule has 0 unspecified atom stereocenters. The summed E-state index contributed by atoms with van der Waals surface area (Å²) in [5.41, 5.74) is 1.72. The fourth-order valence-corrected chi connectivity index (χ4v) is 4.10. The van der Waals surface area contributed by atoms with Crippen molar-refractivity contribution in [3.05, 3.63) is 34.9 Å². The fourth-order valence-electron chi connectivity index (χ4n) is 2.09. The summed E-state index contributed by atoms with van der Waals surface area (Å²) in [6.07, 6.45) is 2.01. The third kappa shape index (κ3) is 1.81. The van der Waals surface area contributed by atoms with Crippen LogP contribution in [-0.4, -0.2) is 20.9 Å². The number of aromatic nitrogens is 3. The molecule has 0 N–H and O–H groups in total. The molecule has 0 aliphatic rings. The molecule has 4 nitrogen and oxygen atoms in total. The van der Waals surface area contributed by atoms with Gasteiger partial charge in [0.1, 0.15) is 15.9 Å². The zero-order valence-corrected chi connectivity index (χ0v) is 13.6. The lowest BCUT2D eigenvalue weighted by Crippen LogP contribution is -1.87. The predicted molar refractivity (Wildman–Crippen MR) is 85.6 cm³/mol. The molecule has 0 saturated carbocycles. The first-order valence-corrected chi connectivity index (χ1v) is 8.67. The van der Waals surface area contributed by atoms with Gasteiger partial charge >= 0.3 is 0 Å². The Morgan fingerprint density at radius 1 is 1.35 bits per heavy atom. The number of para-hydroxylation sites is 1. The molecular formula is C13H8BrN3OS2. The van der Waals surface area contributed by atoms with Crippen LogP contribution in [0.3, 0.4) is 0 Å². The predicted octanol–water partition coefficient (Wildman–Crippen LogP) is 4.69. The normalized spacial score (nSPS) is 11.7. The van der Waals surface area contributed by atoms with Gasteiger partial charge in [0.05, 0.1) is 0 Å². The molecule has 3 heterocycles. The van der Waals surface area contributed by atoms with Gasteiger partial charge < -0.3 is 4.42 Å². The van der Waals surface area contributed by atoms with E-state index in [-0.39, 0.29) is 0 Å². The van der Waals surface area contributed by atoms with E-state index in [1.165, 1.54) is 0 Å². The second-order valence-corrected chi connectivity index (χ2v) is 6.93. The number of hydrogen-bond donors (Lipinski definition) is 0. The summed E-state index contributed by atoms with van der Waals surface area (Å²) in [5, 5.41) is 5.62. The lowest BCUT2D eigenvalue weighted by Gasteiger charge is -1.93. The third-order valence-electron chi connectivity index (χ3n) is 2.98. The summed E-state index contributed by atoms with van der Waals surface area (Å²) in [5.74, 6) is 0.767. The summed E-state index contributed by atoms with van der Waals surface area (Å²) in [4.78, 5) is 5.35. The van der Waals surface area contributed by atoms with Crippen molar-refractivity contribution in [2.75, 3.05) is 6.26 Å². The van der Waals surface area contributed by atoms with Crippen LogP contribution >= 0.6 is 39.0 Å². The number of rotatable bonds is 2. The minimum Gasteiger partial charge on any atom is -0.454 e. The molecule has 100 valence electrons. The van der Waals surface area contributed by atoms with Crippen LogP contribution in [0, 0.1) is 0 Å². The van der Waals surface area contributed by atoms with E-state index in [4.69, 9.17) is 4.42 Å². The van der Waals surface area contributed by atoms with Crippen molar-refractivity contribution in [3.63, 3.8) is 0 Å². The molecule has 3 aromatic heterocycles. The largest absolute Gasteiger partial charge is 0.454 e. The van der Waals surface area contributed by atoms with Crippen LogP contribution < -0.4 is 0 Å². The van der Waals surface area contributed by atoms with Crippen molar-refractivity contribution in [1.82, 2.24) is 14.6 Å². The maximum absolute atomic E-state index is 5.91. The highest BCUT2D eigenvalue weighted by Gasteiger charge is 2.19. The van der Waals surface area contributed by atoms with Gasteiger partial charge in [-0.05, 0) is 34.3 Å². The molecule has 0 aliphatic carbocycles. The molecule has 0 aliphatic heterocycles. The number of fused-ring (bicyclic) bond motifs is 2. The Kier molecular flexibility index (Phi) is 2.87. The first-order valence-electron chi connectivity index (χ1n) is 5.84. The molecule has 7 heteroatoms. The van der Waals surface area contributed by atoms with Crippen LogP contribution in [0.5, 0.6) is 0 Å². The van der Waals surface area contributed by atoms with Crippen molar-refractivity contribution < 1.29 is 4.42 Å². The van der Waals surface area contributed by atoms with Gasteiger partial charge in [-0.1, -0.05) is 41.3 Å². The molecule has 0 bridgehead atoms. The second-order valence-electron chi connectivity index (χ2n) is 4.17. The molecule has 0 atom stereocenters. The smallest absolute Gasteiger partial charge is 0.214 e. The van der Waals surface area contributed by atoms with Crippen molar-refractivity contribution in [3.8, 4) is 11.5 Å². The third-order valence-corrected chi connectivity index (χ3v) is 5.41. The maximum Gasteiger partial charge on any atom is 0.214 e. The topological polar surface area (TPSA) is 43.3 Å². The van der Waals surface area contributed by atoms with E-state index in [9.17, 15) is 0 Å². The number of furan rings is 1. The van der Waals surface area contributed by atoms with E-state index in [0.29, 0.717) is 0 Å². The molecule has 0 radical (unpaired) electrons. The van der Waals surface area contributed by atoms with E-state index in [0.717, 1.165) is 36.3 Å². The monoisotopic (exact) mass is 365 g/mol. The molecule has 4 aromatic rings. The number of halogens is 1. The average molecular weight is 366 g/mol. The van der Waals surface area contributed by atoms with Gasteiger partial charge in [0, 0.05) is 5.39 Å². The van der Waals surface area contributed by atoms with Crippen LogP contribution in [0.25, 0.3) is 27.4 Å². The van der Waals surface area contributed by atoms with E-state index in [1.807, 2.05) is 41.1 Å². The summed E-state index contributed by atoms with van der Waals surface area (Å²) >= 11 is 6.68. The number of benzene rings is 1. The maximum atomic E-state index is 5.91. The zero-order valence-electron chi connectivity index (χ0n) is 10.3. The standard InChI is InChI=1S/C13H8BrN3OS2/c1-19-13-16-17-10(11(14)15-12(17)20-13)9-6-7-4-2-3-5-8(7)18-9/h2-6H,1H3.